The minimum Gasteiger partial charge on any atom is -0.393 e. The number of carbonyl (C=O) groups excluding carboxylic acids is 1. The second-order valence-electron chi connectivity index (χ2n) is 15.9. The van der Waals surface area contributed by atoms with Crippen LogP contribution in [0.3, 0.4) is 0 Å². The van der Waals surface area contributed by atoms with Crippen LogP contribution >= 0.6 is 0 Å². The van der Waals surface area contributed by atoms with Crippen LogP contribution in [0, 0.1) is 62.1 Å². The Kier molecular flexibility index (Phi) is 5.08. The number of aliphatic hydroxyl groups is 1. The van der Waals surface area contributed by atoms with Crippen molar-refractivity contribution in [2.75, 3.05) is 0 Å². The quantitative estimate of drug-likeness (QED) is 0.406. The van der Waals surface area contributed by atoms with Gasteiger partial charge in [-0.25, -0.2) is 0 Å². The topological polar surface area (TPSA) is 37.3 Å². The first-order valence-corrected chi connectivity index (χ1v) is 14.3. The van der Waals surface area contributed by atoms with Crippen molar-refractivity contribution in [1.82, 2.24) is 0 Å². The molecular weight excluding hydrogens is 404 g/mol. The molecule has 0 aromatic heterocycles. The van der Waals surface area contributed by atoms with Crippen molar-refractivity contribution in [2.24, 2.45) is 62.1 Å². The second kappa shape index (κ2) is 6.89. The molecule has 5 fully saturated rings. The zero-order valence-corrected chi connectivity index (χ0v) is 23.2. The highest BCUT2D eigenvalue weighted by Gasteiger charge is 2.72. The molecule has 0 saturated heterocycles. The summed E-state index contributed by atoms with van der Waals surface area (Å²) in [6, 6.07) is 0. The Morgan fingerprint density at radius 1 is 0.758 bits per heavy atom. The maximum absolute atomic E-state index is 12.8. The van der Waals surface area contributed by atoms with Gasteiger partial charge in [0.1, 0.15) is 5.78 Å². The van der Waals surface area contributed by atoms with E-state index in [0.717, 1.165) is 25.2 Å². The Morgan fingerprint density at radius 2 is 1.39 bits per heavy atom. The van der Waals surface area contributed by atoms with Crippen LogP contribution in [0.25, 0.3) is 0 Å². The van der Waals surface area contributed by atoms with Crippen molar-refractivity contribution in [1.29, 1.82) is 0 Å². The van der Waals surface area contributed by atoms with E-state index in [-0.39, 0.29) is 28.3 Å². The third kappa shape index (κ3) is 2.85. The lowest BCUT2D eigenvalue weighted by Gasteiger charge is -2.76. The predicted molar refractivity (Wildman–Crippen MR) is 136 cm³/mol. The smallest absolute Gasteiger partial charge is 0.136 e. The summed E-state index contributed by atoms with van der Waals surface area (Å²) < 4.78 is 0. The lowest BCUT2D eigenvalue weighted by atomic mass is 9.29. The first-order valence-electron chi connectivity index (χ1n) is 14.3. The van der Waals surface area contributed by atoms with E-state index in [1.54, 1.807) is 0 Å². The fourth-order valence-corrected chi connectivity index (χ4v) is 12.0. The van der Waals surface area contributed by atoms with Gasteiger partial charge in [0.05, 0.1) is 6.10 Å². The first-order chi connectivity index (χ1) is 15.1. The van der Waals surface area contributed by atoms with Crippen LogP contribution in [0.1, 0.15) is 120 Å². The molecule has 0 spiro atoms. The Morgan fingerprint density at radius 3 is 2.06 bits per heavy atom. The van der Waals surface area contributed by atoms with Crippen LogP contribution in [-0.4, -0.2) is 17.0 Å². The van der Waals surface area contributed by atoms with E-state index in [9.17, 15) is 9.90 Å². The minimum absolute atomic E-state index is 0.0160. The van der Waals surface area contributed by atoms with Crippen molar-refractivity contribution < 1.29 is 9.90 Å². The zero-order chi connectivity index (χ0) is 24.4. The average Bonchev–Trinajstić information content (AvgIpc) is 2.70. The molecule has 0 aromatic carbocycles. The van der Waals surface area contributed by atoms with Crippen molar-refractivity contribution in [3.8, 4) is 0 Å². The average molecular weight is 457 g/mol. The summed E-state index contributed by atoms with van der Waals surface area (Å²) in [5.74, 6) is 3.51. The van der Waals surface area contributed by atoms with Crippen LogP contribution in [0.5, 0.6) is 0 Å². The highest BCUT2D eigenvalue weighted by atomic mass is 16.3. The summed E-state index contributed by atoms with van der Waals surface area (Å²) >= 11 is 0. The fraction of sp³-hybridized carbons (Fsp3) is 0.968. The van der Waals surface area contributed by atoms with Crippen LogP contribution < -0.4 is 0 Å². The molecule has 33 heavy (non-hydrogen) atoms. The van der Waals surface area contributed by atoms with E-state index >= 15 is 0 Å². The van der Waals surface area contributed by atoms with Gasteiger partial charge in [-0.3, -0.25) is 4.79 Å². The van der Waals surface area contributed by atoms with E-state index in [2.05, 4.69) is 62.3 Å². The monoisotopic (exact) mass is 456 g/mol. The highest BCUT2D eigenvalue weighted by Crippen LogP contribution is 2.79. The van der Waals surface area contributed by atoms with Crippen molar-refractivity contribution in [3.05, 3.63) is 0 Å². The molecule has 1 N–H and O–H groups in total. The molecule has 5 saturated carbocycles. The maximum atomic E-state index is 12.8. The van der Waals surface area contributed by atoms with Gasteiger partial charge in [-0.2, -0.15) is 0 Å². The molecule has 188 valence electrons. The largest absolute Gasteiger partial charge is 0.393 e. The van der Waals surface area contributed by atoms with Gasteiger partial charge in [0.25, 0.3) is 0 Å². The van der Waals surface area contributed by atoms with Gasteiger partial charge < -0.3 is 5.11 Å². The summed E-state index contributed by atoms with van der Waals surface area (Å²) in [4.78, 5) is 12.8. The van der Waals surface area contributed by atoms with E-state index in [4.69, 9.17) is 0 Å². The molecule has 11 atom stereocenters. The number of ketones is 1. The molecule has 0 heterocycles. The van der Waals surface area contributed by atoms with Crippen LogP contribution in [0.15, 0.2) is 0 Å². The van der Waals surface area contributed by atoms with Crippen LogP contribution in [0.2, 0.25) is 0 Å². The van der Waals surface area contributed by atoms with Gasteiger partial charge in [-0.15, -0.1) is 0 Å². The summed E-state index contributed by atoms with van der Waals surface area (Å²) in [6.07, 6.45) is 10.4. The highest BCUT2D eigenvalue weighted by molar-refractivity contribution is 5.82. The number of Topliss-reactive ketones (excluding diaryl/α,β-unsaturated/α-hetero) is 1. The van der Waals surface area contributed by atoms with E-state index < -0.39 is 0 Å². The van der Waals surface area contributed by atoms with Gasteiger partial charge in [0.2, 0.25) is 0 Å². The number of fused-ring (bicyclic) bond motifs is 7. The van der Waals surface area contributed by atoms with E-state index in [1.165, 1.54) is 38.5 Å². The summed E-state index contributed by atoms with van der Waals surface area (Å²) in [6.45, 7) is 22.5. The van der Waals surface area contributed by atoms with E-state index in [0.29, 0.717) is 39.8 Å². The normalized spacial score (nSPS) is 60.2. The van der Waals surface area contributed by atoms with Gasteiger partial charge >= 0.3 is 0 Å². The van der Waals surface area contributed by atoms with E-state index in [1.807, 2.05) is 0 Å². The molecule has 0 aromatic rings. The molecule has 0 unspecified atom stereocenters. The molecule has 0 amide bonds. The predicted octanol–water partition coefficient (Wildman–Crippen LogP) is 7.67. The SMILES string of the molecule is C[C@@H]1C[C@@]2(C)[C@@H](CCC(=O)[C@@H]2C)[C@]2(C)CC[C@@]3(C)[C@@H]4CC(C)(C)[C@H](O)C[C@]4(C)CC[C@]3(C)[C@@H]12. The van der Waals surface area contributed by atoms with Crippen LogP contribution in [-0.2, 0) is 4.79 Å². The molecule has 0 aliphatic heterocycles. The Balaban J connectivity index is 1.58. The third-order valence-corrected chi connectivity index (χ3v) is 14.1. The number of rotatable bonds is 0. The lowest BCUT2D eigenvalue weighted by Crippen LogP contribution is -2.70. The van der Waals surface area contributed by atoms with Crippen molar-refractivity contribution in [2.45, 2.75) is 126 Å². The summed E-state index contributed by atoms with van der Waals surface area (Å²) in [7, 11) is 0. The van der Waals surface area contributed by atoms with Gasteiger partial charge in [0, 0.05) is 12.3 Å². The number of hydrogen-bond acceptors (Lipinski definition) is 2. The molecule has 0 bridgehead atoms. The van der Waals surface area contributed by atoms with Crippen LogP contribution in [0.4, 0.5) is 0 Å². The Labute approximate surface area is 204 Å². The fourth-order valence-electron chi connectivity index (χ4n) is 12.0. The van der Waals surface area contributed by atoms with Gasteiger partial charge in [-0.1, -0.05) is 62.3 Å². The third-order valence-electron chi connectivity index (χ3n) is 14.1. The van der Waals surface area contributed by atoms with Crippen molar-refractivity contribution >= 4 is 5.78 Å². The molecule has 2 nitrogen and oxygen atoms in total. The Hall–Kier alpha value is -0.370. The molecular formula is C31H52O2. The molecule has 5 aliphatic carbocycles. The molecule has 5 rings (SSSR count). The minimum atomic E-state index is -0.170. The zero-order valence-electron chi connectivity index (χ0n) is 23.2. The lowest BCUT2D eigenvalue weighted by molar-refractivity contribution is -0.276. The van der Waals surface area contributed by atoms with Gasteiger partial charge in [0.15, 0.2) is 0 Å². The standard InChI is InChI=1S/C31H52O2/c1-19-16-29(7)20(2)21(32)10-11-22(29)28(6)13-15-30(8)23-17-26(3,4)24(33)18-27(23,5)12-14-31(30,9)25(19)28/h19-20,22-25,33H,10-18H2,1-9H3/t19-,20+,22+,23-,24-,25+,27+,28+,29-,30+,31-/m1/s1. The van der Waals surface area contributed by atoms with Crippen molar-refractivity contribution in [3.63, 3.8) is 0 Å². The summed E-state index contributed by atoms with van der Waals surface area (Å²) in [5, 5.41) is 11.0. The summed E-state index contributed by atoms with van der Waals surface area (Å²) in [5.41, 5.74) is 1.47. The Bertz CT molecular complexity index is 846. The van der Waals surface area contributed by atoms with Gasteiger partial charge in [-0.05, 0) is 108 Å². The number of aliphatic hydroxyl groups excluding tert-OH is 1. The number of carbonyl (C=O) groups is 1. The molecule has 5 aliphatic rings. The second-order valence-corrected chi connectivity index (χ2v) is 15.9. The molecule has 2 heteroatoms. The first kappa shape index (κ1) is 24.3. The molecule has 0 radical (unpaired) electrons. The number of hydrogen-bond donors (Lipinski definition) is 1. The maximum Gasteiger partial charge on any atom is 0.136 e.